The monoisotopic (exact) mass is 205 g/mol. The second kappa shape index (κ2) is 5.66. The van der Waals surface area contributed by atoms with Gasteiger partial charge in [0.1, 0.15) is 0 Å². The molecule has 1 atom stereocenters. The van der Waals surface area contributed by atoms with Crippen LogP contribution in [0.25, 0.3) is 0 Å². The molecule has 0 saturated heterocycles. The molecule has 15 heavy (non-hydrogen) atoms. The largest absolute Gasteiger partial charge is 0.326 e. The highest BCUT2D eigenvalue weighted by Crippen LogP contribution is 2.13. The predicted molar refractivity (Wildman–Crippen MR) is 62.7 cm³/mol. The zero-order valence-corrected chi connectivity index (χ0v) is 9.49. The van der Waals surface area contributed by atoms with Crippen molar-refractivity contribution in [2.24, 2.45) is 11.7 Å². The van der Waals surface area contributed by atoms with Crippen molar-refractivity contribution in [3.63, 3.8) is 0 Å². The maximum atomic E-state index is 11.8. The quantitative estimate of drug-likeness (QED) is 0.751. The zero-order chi connectivity index (χ0) is 11.3. The van der Waals surface area contributed by atoms with Crippen molar-refractivity contribution in [1.82, 2.24) is 0 Å². The standard InChI is InChI=1S/C13H19NO/c1-3-10(2)8-13(15)12-6-4-11(9-14)5-7-12/h4-7,10H,3,8-9,14H2,1-2H3. The fourth-order valence-electron chi connectivity index (χ4n) is 1.41. The molecule has 2 heteroatoms. The van der Waals surface area contributed by atoms with Crippen LogP contribution in [0, 0.1) is 5.92 Å². The Morgan fingerprint density at radius 3 is 2.40 bits per heavy atom. The van der Waals surface area contributed by atoms with Gasteiger partial charge in [0.15, 0.2) is 5.78 Å². The van der Waals surface area contributed by atoms with Gasteiger partial charge in [0.25, 0.3) is 0 Å². The molecule has 0 amide bonds. The first kappa shape index (κ1) is 11.9. The lowest BCUT2D eigenvalue weighted by atomic mass is 9.97. The van der Waals surface area contributed by atoms with Gasteiger partial charge in [-0.3, -0.25) is 4.79 Å². The second-order valence-corrected chi connectivity index (χ2v) is 4.04. The van der Waals surface area contributed by atoms with Gasteiger partial charge in [0.05, 0.1) is 0 Å². The lowest BCUT2D eigenvalue weighted by molar-refractivity contribution is 0.0963. The van der Waals surface area contributed by atoms with Crippen molar-refractivity contribution >= 4 is 5.78 Å². The Morgan fingerprint density at radius 2 is 1.93 bits per heavy atom. The number of nitrogens with two attached hydrogens (primary N) is 1. The summed E-state index contributed by atoms with van der Waals surface area (Å²) in [4.78, 5) is 11.8. The van der Waals surface area contributed by atoms with Crippen molar-refractivity contribution in [3.8, 4) is 0 Å². The molecule has 0 saturated carbocycles. The topological polar surface area (TPSA) is 43.1 Å². The SMILES string of the molecule is CCC(C)CC(=O)c1ccc(CN)cc1. The Hall–Kier alpha value is -1.15. The van der Waals surface area contributed by atoms with E-state index in [1.807, 2.05) is 24.3 Å². The van der Waals surface area contributed by atoms with E-state index < -0.39 is 0 Å². The van der Waals surface area contributed by atoms with E-state index in [9.17, 15) is 4.79 Å². The van der Waals surface area contributed by atoms with Crippen LogP contribution in [-0.4, -0.2) is 5.78 Å². The second-order valence-electron chi connectivity index (χ2n) is 4.04. The van der Waals surface area contributed by atoms with Gasteiger partial charge in [-0.15, -0.1) is 0 Å². The molecule has 2 N–H and O–H groups in total. The van der Waals surface area contributed by atoms with Crippen LogP contribution in [0.15, 0.2) is 24.3 Å². The van der Waals surface area contributed by atoms with Crippen molar-refractivity contribution in [3.05, 3.63) is 35.4 Å². The Kier molecular flexibility index (Phi) is 4.50. The fourth-order valence-corrected chi connectivity index (χ4v) is 1.41. The minimum absolute atomic E-state index is 0.230. The molecule has 0 fully saturated rings. The number of benzene rings is 1. The number of carbonyl (C=O) groups is 1. The summed E-state index contributed by atoms with van der Waals surface area (Å²) in [6.45, 7) is 4.74. The fraction of sp³-hybridized carbons (Fsp3) is 0.462. The molecule has 1 unspecified atom stereocenters. The molecule has 0 aromatic heterocycles. The molecule has 82 valence electrons. The molecule has 0 radical (unpaired) electrons. The highest BCUT2D eigenvalue weighted by atomic mass is 16.1. The summed E-state index contributed by atoms with van der Waals surface area (Å²) in [5.74, 6) is 0.694. The van der Waals surface area contributed by atoms with Crippen LogP contribution >= 0.6 is 0 Å². The van der Waals surface area contributed by atoms with Gasteiger partial charge in [0, 0.05) is 18.5 Å². The third-order valence-electron chi connectivity index (χ3n) is 2.74. The molecule has 0 spiro atoms. The number of carbonyl (C=O) groups excluding carboxylic acids is 1. The smallest absolute Gasteiger partial charge is 0.163 e. The lowest BCUT2D eigenvalue weighted by Crippen LogP contribution is -2.05. The summed E-state index contributed by atoms with van der Waals surface area (Å²) in [6, 6.07) is 7.58. The summed E-state index contributed by atoms with van der Waals surface area (Å²) in [5, 5.41) is 0. The summed E-state index contributed by atoms with van der Waals surface area (Å²) in [6.07, 6.45) is 1.69. The van der Waals surface area contributed by atoms with Crippen LogP contribution in [0.1, 0.15) is 42.6 Å². The van der Waals surface area contributed by atoms with Gasteiger partial charge in [-0.05, 0) is 11.5 Å². The Bertz CT molecular complexity index is 316. The Morgan fingerprint density at radius 1 is 1.33 bits per heavy atom. The maximum absolute atomic E-state index is 11.8. The van der Waals surface area contributed by atoms with Crippen molar-refractivity contribution < 1.29 is 4.79 Å². The third kappa shape index (κ3) is 3.48. The van der Waals surface area contributed by atoms with Gasteiger partial charge in [-0.25, -0.2) is 0 Å². The average molecular weight is 205 g/mol. The number of ketones is 1. The minimum atomic E-state index is 0.230. The molecule has 0 aliphatic carbocycles. The number of rotatable bonds is 5. The van der Waals surface area contributed by atoms with E-state index in [2.05, 4.69) is 13.8 Å². The number of hydrogen-bond acceptors (Lipinski definition) is 2. The molecule has 0 heterocycles. The lowest BCUT2D eigenvalue weighted by Gasteiger charge is -2.07. The van der Waals surface area contributed by atoms with E-state index in [-0.39, 0.29) is 5.78 Å². The van der Waals surface area contributed by atoms with E-state index in [4.69, 9.17) is 5.73 Å². The summed E-state index contributed by atoms with van der Waals surface area (Å²) < 4.78 is 0. The molecule has 2 nitrogen and oxygen atoms in total. The van der Waals surface area contributed by atoms with Gasteiger partial charge in [0.2, 0.25) is 0 Å². The molecule has 0 bridgehead atoms. The molecule has 0 aliphatic rings. The average Bonchev–Trinajstić information content (AvgIpc) is 2.29. The Labute approximate surface area is 91.5 Å². The summed E-state index contributed by atoms with van der Waals surface area (Å²) in [7, 11) is 0. The molecule has 1 aromatic carbocycles. The molecular weight excluding hydrogens is 186 g/mol. The molecule has 0 aliphatic heterocycles. The molecule has 1 rings (SSSR count). The van der Waals surface area contributed by atoms with Gasteiger partial charge in [-0.2, -0.15) is 0 Å². The van der Waals surface area contributed by atoms with Crippen LogP contribution < -0.4 is 5.73 Å². The van der Waals surface area contributed by atoms with Crippen LogP contribution in [-0.2, 0) is 6.54 Å². The maximum Gasteiger partial charge on any atom is 0.163 e. The van der Waals surface area contributed by atoms with Crippen LogP contribution in [0.5, 0.6) is 0 Å². The zero-order valence-electron chi connectivity index (χ0n) is 9.49. The van der Waals surface area contributed by atoms with Crippen molar-refractivity contribution in [2.45, 2.75) is 33.2 Å². The van der Waals surface area contributed by atoms with Crippen molar-refractivity contribution in [1.29, 1.82) is 0 Å². The van der Waals surface area contributed by atoms with Crippen molar-refractivity contribution in [2.75, 3.05) is 0 Å². The highest BCUT2D eigenvalue weighted by Gasteiger charge is 2.09. The van der Waals surface area contributed by atoms with E-state index in [1.54, 1.807) is 0 Å². The van der Waals surface area contributed by atoms with E-state index in [0.29, 0.717) is 18.9 Å². The molecule has 1 aromatic rings. The summed E-state index contributed by atoms with van der Waals surface area (Å²) in [5.41, 5.74) is 7.36. The van der Waals surface area contributed by atoms with Gasteiger partial charge < -0.3 is 5.73 Å². The third-order valence-corrected chi connectivity index (χ3v) is 2.74. The molecular formula is C13H19NO. The van der Waals surface area contributed by atoms with E-state index >= 15 is 0 Å². The summed E-state index contributed by atoms with van der Waals surface area (Å²) >= 11 is 0. The van der Waals surface area contributed by atoms with E-state index in [1.165, 1.54) is 0 Å². The van der Waals surface area contributed by atoms with Crippen LogP contribution in [0.3, 0.4) is 0 Å². The first-order valence-corrected chi connectivity index (χ1v) is 5.49. The first-order chi connectivity index (χ1) is 7.17. The van der Waals surface area contributed by atoms with Gasteiger partial charge in [-0.1, -0.05) is 44.5 Å². The van der Waals surface area contributed by atoms with E-state index in [0.717, 1.165) is 17.5 Å². The predicted octanol–water partition coefficient (Wildman–Crippen LogP) is 2.76. The van der Waals surface area contributed by atoms with Crippen LogP contribution in [0.2, 0.25) is 0 Å². The number of Topliss-reactive ketones (excluding diaryl/α,β-unsaturated/α-hetero) is 1. The minimum Gasteiger partial charge on any atom is -0.326 e. The number of hydrogen-bond donors (Lipinski definition) is 1. The first-order valence-electron chi connectivity index (χ1n) is 5.49. The van der Waals surface area contributed by atoms with Crippen LogP contribution in [0.4, 0.5) is 0 Å². The highest BCUT2D eigenvalue weighted by molar-refractivity contribution is 5.96. The van der Waals surface area contributed by atoms with Gasteiger partial charge >= 0.3 is 0 Å². The Balaban J connectivity index is 2.66. The normalized spacial score (nSPS) is 12.5.